The largest absolute Gasteiger partial charge is 0.463 e. The van der Waals surface area contributed by atoms with E-state index in [0.29, 0.717) is 23.8 Å². The Morgan fingerprint density at radius 3 is 2.42 bits per heavy atom. The Hall–Kier alpha value is -3.10. The number of hydrogen-bond acceptors (Lipinski definition) is 5. The number of anilines is 1. The molecule has 0 aliphatic carbocycles. The monoisotopic (exact) mass is 435 g/mol. The topological polar surface area (TPSA) is 121 Å². The molecule has 0 bridgehead atoms. The van der Waals surface area contributed by atoms with Gasteiger partial charge in [-0.25, -0.2) is 0 Å². The van der Waals surface area contributed by atoms with Crippen LogP contribution < -0.4 is 21.3 Å². The van der Waals surface area contributed by atoms with Crippen LogP contribution in [0.15, 0.2) is 29.3 Å². The lowest BCUT2D eigenvalue weighted by Gasteiger charge is -2.12. The molecule has 1 unspecified atom stereocenters. The highest BCUT2D eigenvalue weighted by molar-refractivity contribution is 5.99. The first-order valence-corrected chi connectivity index (χ1v) is 10.9. The summed E-state index contributed by atoms with van der Waals surface area (Å²) in [4.78, 5) is 39.5. The Bertz CT molecular complexity index is 722. The van der Waals surface area contributed by atoms with Crippen LogP contribution in [0.25, 0.3) is 0 Å². The maximum Gasteiger partial charge on any atom is 0.308 e. The van der Waals surface area contributed by atoms with E-state index < -0.39 is 0 Å². The van der Waals surface area contributed by atoms with Crippen molar-refractivity contribution in [1.82, 2.24) is 16.0 Å². The number of carbonyl (C=O) groups is 3. The first-order chi connectivity index (χ1) is 15.0. The van der Waals surface area contributed by atoms with Crippen molar-refractivity contribution in [2.45, 2.75) is 54.0 Å². The van der Waals surface area contributed by atoms with Crippen molar-refractivity contribution < 1.29 is 19.1 Å². The van der Waals surface area contributed by atoms with Gasteiger partial charge in [0.15, 0.2) is 5.96 Å². The van der Waals surface area contributed by atoms with E-state index in [4.69, 9.17) is 4.74 Å². The molecular formula is C22H37N5O4. The van der Waals surface area contributed by atoms with Crippen LogP contribution in [0, 0.1) is 0 Å². The minimum Gasteiger partial charge on any atom is -0.463 e. The van der Waals surface area contributed by atoms with Crippen LogP contribution in [-0.4, -0.2) is 56.0 Å². The van der Waals surface area contributed by atoms with E-state index in [1.165, 1.54) is 0 Å². The van der Waals surface area contributed by atoms with Crippen molar-refractivity contribution in [3.63, 3.8) is 0 Å². The Morgan fingerprint density at radius 1 is 1.13 bits per heavy atom. The van der Waals surface area contributed by atoms with Gasteiger partial charge < -0.3 is 26.0 Å². The molecular weight excluding hydrogens is 398 g/mol. The second kappa shape index (κ2) is 16.7. The Morgan fingerprint density at radius 2 is 1.84 bits per heavy atom. The van der Waals surface area contributed by atoms with Crippen LogP contribution in [0.3, 0.4) is 0 Å². The number of benzene rings is 1. The molecule has 1 fully saturated rings. The van der Waals surface area contributed by atoms with E-state index in [2.05, 4.69) is 26.3 Å². The van der Waals surface area contributed by atoms with Crippen molar-refractivity contribution in [2.75, 3.05) is 31.6 Å². The van der Waals surface area contributed by atoms with Crippen LogP contribution >= 0.6 is 0 Å². The van der Waals surface area contributed by atoms with Gasteiger partial charge in [-0.1, -0.05) is 33.8 Å². The molecule has 2 rings (SSSR count). The smallest absolute Gasteiger partial charge is 0.308 e. The van der Waals surface area contributed by atoms with E-state index in [1.54, 1.807) is 18.2 Å². The van der Waals surface area contributed by atoms with E-state index >= 15 is 0 Å². The lowest BCUT2D eigenvalue weighted by Crippen LogP contribution is -2.42. The van der Waals surface area contributed by atoms with Crippen LogP contribution in [0.4, 0.5) is 5.69 Å². The van der Waals surface area contributed by atoms with Gasteiger partial charge in [0.25, 0.3) is 5.91 Å². The van der Waals surface area contributed by atoms with Crippen LogP contribution in [0.5, 0.6) is 0 Å². The Kier molecular flexibility index (Phi) is 15.0. The number of hydrogen-bond donors (Lipinski definition) is 4. The first kappa shape index (κ1) is 27.9. The molecule has 1 heterocycles. The van der Waals surface area contributed by atoms with Gasteiger partial charge in [0, 0.05) is 24.3 Å². The standard InChI is InChI=1S/C18H25N5O4.2C2H6/c1-3-19-18(20-4-2)23-13-7-5-6-12(8-13)17(26)21-10-15(24)22-14-9-16(25)27-11-14;2*1-2/h5-8,14H,3-4,9-11H2,1-2H3,(H,21,26)(H,22,24)(H2,19,20,23);2*1-2H3. The zero-order chi connectivity index (χ0) is 23.6. The third-order valence-corrected chi connectivity index (χ3v) is 3.68. The molecule has 1 aromatic carbocycles. The van der Waals surface area contributed by atoms with E-state index in [0.717, 1.165) is 6.54 Å². The molecule has 9 nitrogen and oxygen atoms in total. The zero-order valence-corrected chi connectivity index (χ0v) is 19.5. The lowest BCUT2D eigenvalue weighted by atomic mass is 10.2. The summed E-state index contributed by atoms with van der Waals surface area (Å²) >= 11 is 0. The fraction of sp³-hybridized carbons (Fsp3) is 0.545. The highest BCUT2D eigenvalue weighted by Crippen LogP contribution is 2.10. The van der Waals surface area contributed by atoms with Gasteiger partial charge in [-0.3, -0.25) is 19.4 Å². The summed E-state index contributed by atoms with van der Waals surface area (Å²) in [6.45, 7) is 13.2. The molecule has 0 radical (unpaired) electrons. The molecule has 9 heteroatoms. The number of nitrogens with one attached hydrogen (secondary N) is 4. The van der Waals surface area contributed by atoms with Crippen molar-refractivity contribution >= 4 is 29.4 Å². The molecule has 2 amide bonds. The van der Waals surface area contributed by atoms with Crippen molar-refractivity contribution in [2.24, 2.45) is 4.99 Å². The Labute approximate surface area is 185 Å². The highest BCUT2D eigenvalue weighted by Gasteiger charge is 2.25. The quantitative estimate of drug-likeness (QED) is 0.296. The average Bonchev–Trinajstić information content (AvgIpc) is 3.20. The molecule has 0 spiro atoms. The fourth-order valence-electron chi connectivity index (χ4n) is 2.49. The summed E-state index contributed by atoms with van der Waals surface area (Å²) in [6, 6.07) is 6.57. The normalized spacial score (nSPS) is 14.7. The van der Waals surface area contributed by atoms with Crippen molar-refractivity contribution in [3.05, 3.63) is 29.8 Å². The van der Waals surface area contributed by atoms with Gasteiger partial charge in [-0.15, -0.1) is 0 Å². The molecule has 1 aromatic rings. The summed E-state index contributed by atoms with van der Waals surface area (Å²) in [5.41, 5.74) is 1.13. The van der Waals surface area contributed by atoms with Gasteiger partial charge in [0.05, 0.1) is 19.0 Å². The zero-order valence-electron chi connectivity index (χ0n) is 19.5. The summed E-state index contributed by atoms with van der Waals surface area (Å²) in [7, 11) is 0. The molecule has 0 saturated carbocycles. The van der Waals surface area contributed by atoms with Crippen LogP contribution in [-0.2, 0) is 14.3 Å². The number of nitrogens with zero attached hydrogens (tertiary/aromatic N) is 1. The van der Waals surface area contributed by atoms with E-state index in [1.807, 2.05) is 47.6 Å². The molecule has 1 saturated heterocycles. The summed E-state index contributed by atoms with van der Waals surface area (Å²) in [6.07, 6.45) is 0.154. The molecule has 1 aliphatic heterocycles. The van der Waals surface area contributed by atoms with Gasteiger partial charge in [0.1, 0.15) is 6.61 Å². The fourth-order valence-corrected chi connectivity index (χ4v) is 2.49. The van der Waals surface area contributed by atoms with Crippen LogP contribution in [0.2, 0.25) is 0 Å². The minimum absolute atomic E-state index is 0.154. The van der Waals surface area contributed by atoms with E-state index in [-0.39, 0.29) is 43.4 Å². The number of guanidine groups is 1. The predicted molar refractivity (Wildman–Crippen MR) is 124 cm³/mol. The van der Waals surface area contributed by atoms with Gasteiger partial charge in [0.2, 0.25) is 5.91 Å². The number of esters is 1. The first-order valence-electron chi connectivity index (χ1n) is 10.9. The van der Waals surface area contributed by atoms with Gasteiger partial charge in [-0.2, -0.15) is 0 Å². The number of carbonyl (C=O) groups excluding carboxylic acids is 3. The van der Waals surface area contributed by atoms with E-state index in [9.17, 15) is 14.4 Å². The SMILES string of the molecule is CC.CC.CCN=C(NCC)Nc1cccc(C(=O)NCC(=O)NC2COC(=O)C2)c1. The maximum absolute atomic E-state index is 12.3. The maximum atomic E-state index is 12.3. The highest BCUT2D eigenvalue weighted by atomic mass is 16.5. The van der Waals surface area contributed by atoms with Gasteiger partial charge >= 0.3 is 5.97 Å². The number of cyclic esters (lactones) is 1. The number of ether oxygens (including phenoxy) is 1. The predicted octanol–water partition coefficient (Wildman–Crippen LogP) is 2.30. The summed E-state index contributed by atoms with van der Waals surface area (Å²) in [5.74, 6) is -0.446. The Balaban J connectivity index is 0.00000212. The van der Waals surface area contributed by atoms with Crippen molar-refractivity contribution in [1.29, 1.82) is 0 Å². The van der Waals surface area contributed by atoms with Crippen LogP contribution in [0.1, 0.15) is 58.3 Å². The molecule has 0 aromatic heterocycles. The molecule has 174 valence electrons. The number of amides is 2. The lowest BCUT2D eigenvalue weighted by molar-refractivity contribution is -0.138. The third-order valence-electron chi connectivity index (χ3n) is 3.68. The third kappa shape index (κ3) is 11.0. The number of rotatable bonds is 7. The molecule has 31 heavy (non-hydrogen) atoms. The van der Waals surface area contributed by atoms with Gasteiger partial charge in [-0.05, 0) is 32.0 Å². The second-order valence-corrected chi connectivity index (χ2v) is 5.89. The number of aliphatic imine (C=N–C) groups is 1. The minimum atomic E-state index is -0.370. The second-order valence-electron chi connectivity index (χ2n) is 5.89. The molecule has 1 aliphatic rings. The summed E-state index contributed by atoms with van der Waals surface area (Å²) < 4.78 is 4.78. The average molecular weight is 436 g/mol. The molecule has 1 atom stereocenters. The van der Waals surface area contributed by atoms with Crippen molar-refractivity contribution in [3.8, 4) is 0 Å². The summed E-state index contributed by atoms with van der Waals surface area (Å²) in [5, 5.41) is 11.4. The molecule has 4 N–H and O–H groups in total.